The summed E-state index contributed by atoms with van der Waals surface area (Å²) < 4.78 is 4.98. The number of H-pyrrole nitrogens is 1. The Kier molecular flexibility index (Phi) is 4.84. The number of aromatic amines is 1. The van der Waals surface area contributed by atoms with E-state index in [-0.39, 0.29) is 11.4 Å². The van der Waals surface area contributed by atoms with Crippen LogP contribution in [0.3, 0.4) is 0 Å². The monoisotopic (exact) mass is 342 g/mol. The Hall–Kier alpha value is -2.30. The van der Waals surface area contributed by atoms with E-state index >= 15 is 0 Å². The molecule has 0 amide bonds. The molecule has 0 fully saturated rings. The number of hydrogen-bond acceptors (Lipinski definition) is 4. The first-order valence-electron chi connectivity index (χ1n) is 8.90. The molecule has 2 N–H and O–H groups in total. The molecule has 1 aliphatic carbocycles. The van der Waals surface area contributed by atoms with Gasteiger partial charge in [0.1, 0.15) is 0 Å². The second-order valence-corrected chi connectivity index (χ2v) is 7.07. The number of carbonyl (C=O) groups excluding carboxylic acids is 1. The summed E-state index contributed by atoms with van der Waals surface area (Å²) in [5.74, 6) is 0.123. The van der Waals surface area contributed by atoms with Crippen molar-refractivity contribution in [2.45, 2.75) is 57.3 Å². The number of aryl methyl sites for hydroxylation is 1. The van der Waals surface area contributed by atoms with E-state index in [2.05, 4.69) is 42.2 Å². The van der Waals surface area contributed by atoms with Gasteiger partial charge in [-0.05, 0) is 49.7 Å². The third-order valence-corrected chi connectivity index (χ3v) is 5.85. The quantitative estimate of drug-likeness (QED) is 0.366. The van der Waals surface area contributed by atoms with Crippen LogP contribution in [0.25, 0.3) is 10.9 Å². The summed E-state index contributed by atoms with van der Waals surface area (Å²) in [4.78, 5) is 15.7. The van der Waals surface area contributed by atoms with Gasteiger partial charge in [0.05, 0.1) is 13.5 Å². The van der Waals surface area contributed by atoms with Crippen molar-refractivity contribution in [3.05, 3.63) is 35.0 Å². The zero-order valence-corrected chi connectivity index (χ0v) is 15.1. The Bertz CT molecular complexity index is 809. The molecule has 0 saturated carbocycles. The predicted octanol–water partition coefficient (Wildman–Crippen LogP) is 4.41. The molecule has 134 valence electrons. The number of nitrogens with one attached hydrogen (secondary N) is 1. The number of esters is 1. The summed E-state index contributed by atoms with van der Waals surface area (Å²) in [5.41, 5.74) is 4.55. The van der Waals surface area contributed by atoms with Crippen LogP contribution in [0, 0.1) is 6.92 Å². The topological polar surface area (TPSA) is 74.7 Å². The van der Waals surface area contributed by atoms with Gasteiger partial charge in [-0.3, -0.25) is 4.79 Å². The van der Waals surface area contributed by atoms with Gasteiger partial charge in [0.2, 0.25) is 0 Å². The molecule has 2 atom stereocenters. The number of carbonyl (C=O) groups is 1. The predicted molar refractivity (Wildman–Crippen MR) is 98.5 cm³/mol. The second-order valence-electron chi connectivity index (χ2n) is 7.07. The van der Waals surface area contributed by atoms with Crippen LogP contribution in [0.5, 0.6) is 0 Å². The van der Waals surface area contributed by atoms with Crippen LogP contribution in [0.4, 0.5) is 0 Å². The fraction of sp³-hybridized carbons (Fsp3) is 0.500. The molecule has 1 aromatic carbocycles. The standard InChI is InChI=1S/C20H26N2O3/c1-4-20(12-16(23)25-3)10-8-14(9-11-21-24)17-15-7-5-6-13(2)18(15)22-19(17)20/h5-7,11,14,22,24H,4,8-10,12H2,1-3H3/b21-11-. The molecule has 0 radical (unpaired) electrons. The number of benzene rings is 1. The zero-order valence-electron chi connectivity index (χ0n) is 15.1. The van der Waals surface area contributed by atoms with Crippen LogP contribution in [0.2, 0.25) is 0 Å². The Morgan fingerprint density at radius 3 is 3.00 bits per heavy atom. The van der Waals surface area contributed by atoms with Crippen LogP contribution in [0.1, 0.15) is 61.8 Å². The van der Waals surface area contributed by atoms with Crippen LogP contribution >= 0.6 is 0 Å². The lowest BCUT2D eigenvalue weighted by Crippen LogP contribution is -2.35. The van der Waals surface area contributed by atoms with Crippen molar-refractivity contribution in [1.29, 1.82) is 0 Å². The van der Waals surface area contributed by atoms with E-state index in [1.807, 2.05) is 0 Å². The minimum absolute atomic E-state index is 0.168. The molecule has 0 bridgehead atoms. The summed E-state index contributed by atoms with van der Waals surface area (Å²) in [6, 6.07) is 6.32. The van der Waals surface area contributed by atoms with Gasteiger partial charge in [-0.15, -0.1) is 5.16 Å². The van der Waals surface area contributed by atoms with Crippen molar-refractivity contribution in [1.82, 2.24) is 4.98 Å². The molecule has 1 heterocycles. The molecule has 5 heteroatoms. The van der Waals surface area contributed by atoms with E-state index < -0.39 is 0 Å². The van der Waals surface area contributed by atoms with E-state index in [9.17, 15) is 4.79 Å². The smallest absolute Gasteiger partial charge is 0.306 e. The van der Waals surface area contributed by atoms with E-state index in [1.165, 1.54) is 23.6 Å². The van der Waals surface area contributed by atoms with Crippen molar-refractivity contribution in [2.75, 3.05) is 7.11 Å². The van der Waals surface area contributed by atoms with Crippen molar-refractivity contribution in [3.63, 3.8) is 0 Å². The first kappa shape index (κ1) is 17.5. The van der Waals surface area contributed by atoms with Gasteiger partial charge < -0.3 is 14.9 Å². The summed E-state index contributed by atoms with van der Waals surface area (Å²) in [5, 5.41) is 13.3. The molecule has 0 aliphatic heterocycles. The van der Waals surface area contributed by atoms with Crippen LogP contribution < -0.4 is 0 Å². The molecule has 1 aromatic heterocycles. The van der Waals surface area contributed by atoms with Gasteiger partial charge >= 0.3 is 5.97 Å². The SMILES string of the molecule is CCC1(CC(=O)OC)CCC(C/C=N\O)c2c1[nH]c1c(C)cccc21. The molecular weight excluding hydrogens is 316 g/mol. The highest BCUT2D eigenvalue weighted by atomic mass is 16.5. The largest absolute Gasteiger partial charge is 0.469 e. The van der Waals surface area contributed by atoms with E-state index in [0.717, 1.165) is 30.5 Å². The number of rotatable bonds is 5. The molecule has 0 saturated heterocycles. The molecule has 25 heavy (non-hydrogen) atoms. The zero-order chi connectivity index (χ0) is 18.0. The Balaban J connectivity index is 2.20. The lowest BCUT2D eigenvalue weighted by atomic mass is 9.65. The number of para-hydroxylation sites is 1. The third-order valence-electron chi connectivity index (χ3n) is 5.85. The average molecular weight is 342 g/mol. The van der Waals surface area contributed by atoms with Gasteiger partial charge in [0, 0.05) is 28.2 Å². The molecule has 2 aromatic rings. The third kappa shape index (κ3) is 2.92. The van der Waals surface area contributed by atoms with Crippen LogP contribution in [-0.2, 0) is 14.9 Å². The van der Waals surface area contributed by atoms with Gasteiger partial charge in [-0.2, -0.15) is 0 Å². The Morgan fingerprint density at radius 2 is 2.32 bits per heavy atom. The highest BCUT2D eigenvalue weighted by Gasteiger charge is 2.42. The number of aromatic nitrogens is 1. The van der Waals surface area contributed by atoms with Gasteiger partial charge in [-0.25, -0.2) is 0 Å². The Labute approximate surface area is 148 Å². The second kappa shape index (κ2) is 6.90. The van der Waals surface area contributed by atoms with Crippen molar-refractivity contribution >= 4 is 23.1 Å². The first-order chi connectivity index (χ1) is 12.1. The van der Waals surface area contributed by atoms with Gasteiger partial charge in [0.25, 0.3) is 0 Å². The fourth-order valence-corrected chi connectivity index (χ4v) is 4.36. The number of hydrogen-bond donors (Lipinski definition) is 2. The molecule has 5 nitrogen and oxygen atoms in total. The Morgan fingerprint density at radius 1 is 1.52 bits per heavy atom. The van der Waals surface area contributed by atoms with Crippen molar-refractivity contribution in [3.8, 4) is 0 Å². The summed E-state index contributed by atoms with van der Waals surface area (Å²) >= 11 is 0. The molecule has 0 spiro atoms. The number of ether oxygens (including phenoxy) is 1. The minimum atomic E-state index is -0.221. The van der Waals surface area contributed by atoms with Crippen molar-refractivity contribution in [2.24, 2.45) is 5.16 Å². The van der Waals surface area contributed by atoms with Crippen LogP contribution in [-0.4, -0.2) is 29.5 Å². The molecule has 3 rings (SSSR count). The highest BCUT2D eigenvalue weighted by Crippen LogP contribution is 2.50. The number of oxime groups is 1. The van der Waals surface area contributed by atoms with E-state index in [4.69, 9.17) is 9.94 Å². The summed E-state index contributed by atoms with van der Waals surface area (Å²) in [7, 11) is 1.45. The van der Waals surface area contributed by atoms with E-state index in [1.54, 1.807) is 6.21 Å². The lowest BCUT2D eigenvalue weighted by Gasteiger charge is -2.39. The maximum Gasteiger partial charge on any atom is 0.306 e. The fourth-order valence-electron chi connectivity index (χ4n) is 4.36. The van der Waals surface area contributed by atoms with E-state index in [0.29, 0.717) is 18.8 Å². The van der Waals surface area contributed by atoms with Crippen molar-refractivity contribution < 1.29 is 14.7 Å². The maximum atomic E-state index is 12.1. The van der Waals surface area contributed by atoms with Gasteiger partial charge in [-0.1, -0.05) is 25.1 Å². The minimum Gasteiger partial charge on any atom is -0.469 e. The first-order valence-corrected chi connectivity index (χ1v) is 8.90. The molecule has 2 unspecified atom stereocenters. The highest BCUT2D eigenvalue weighted by molar-refractivity contribution is 5.89. The lowest BCUT2D eigenvalue weighted by molar-refractivity contribution is -0.142. The number of methoxy groups -OCH3 is 1. The van der Waals surface area contributed by atoms with Gasteiger partial charge in [0.15, 0.2) is 0 Å². The number of fused-ring (bicyclic) bond motifs is 3. The number of nitrogens with zero attached hydrogens (tertiary/aromatic N) is 1. The van der Waals surface area contributed by atoms with Crippen LogP contribution in [0.15, 0.2) is 23.4 Å². The molecule has 1 aliphatic rings. The normalized spacial score (nSPS) is 23.1. The average Bonchev–Trinajstić information content (AvgIpc) is 3.03. The molecular formula is C20H26N2O3. The summed E-state index contributed by atoms with van der Waals surface area (Å²) in [6.07, 6.45) is 5.42. The summed E-state index contributed by atoms with van der Waals surface area (Å²) in [6.45, 7) is 4.24. The maximum absolute atomic E-state index is 12.1.